The SMILES string of the molecule is [Li][c]1cc(C(C)(C)C)cc2c1Oc1[c]([Li])cc(C(C)(C)C)cc1C2(C)C. The second kappa shape index (κ2) is 6.22. The fourth-order valence-electron chi connectivity index (χ4n) is 3.86. The molecular weight excluding hydrogens is 306 g/mol. The van der Waals surface area contributed by atoms with Crippen molar-refractivity contribution in [2.24, 2.45) is 0 Å². The first-order chi connectivity index (χ1) is 11.7. The van der Waals surface area contributed by atoms with E-state index in [1.807, 2.05) is 0 Å². The predicted octanol–water partition coefficient (Wildman–Crippen LogP) is 4.30. The molecule has 0 bridgehead atoms. The molecule has 3 rings (SSSR count). The molecule has 2 aromatic rings. The maximum atomic E-state index is 6.51. The molecule has 26 heavy (non-hydrogen) atoms. The van der Waals surface area contributed by atoms with Gasteiger partial charge in [-0.3, -0.25) is 0 Å². The first-order valence-electron chi connectivity index (χ1n) is 9.72. The van der Waals surface area contributed by atoms with Gasteiger partial charge in [0.1, 0.15) is 0 Å². The van der Waals surface area contributed by atoms with Crippen LogP contribution in [0.25, 0.3) is 0 Å². The Morgan fingerprint density at radius 2 is 1.04 bits per heavy atom. The molecule has 0 radical (unpaired) electrons. The Morgan fingerprint density at radius 3 is 1.35 bits per heavy atom. The van der Waals surface area contributed by atoms with Crippen molar-refractivity contribution < 1.29 is 4.74 Å². The fraction of sp³-hybridized carbons (Fsp3) is 0.478. The Bertz CT molecular complexity index is 809. The Labute approximate surface area is 177 Å². The average Bonchev–Trinajstić information content (AvgIpc) is 2.47. The molecule has 2 aromatic carbocycles. The molecule has 3 heteroatoms. The Hall–Kier alpha value is -0.565. The fourth-order valence-corrected chi connectivity index (χ4v) is 3.86. The van der Waals surface area contributed by atoms with Gasteiger partial charge in [0, 0.05) is 0 Å². The van der Waals surface area contributed by atoms with Crippen LogP contribution in [-0.4, -0.2) is 35.4 Å². The van der Waals surface area contributed by atoms with E-state index < -0.39 is 0 Å². The van der Waals surface area contributed by atoms with Crippen LogP contribution in [0.3, 0.4) is 0 Å². The zero-order chi connectivity index (χ0) is 19.7. The number of hydrogen-bond acceptors (Lipinski definition) is 1. The molecule has 0 aliphatic carbocycles. The van der Waals surface area contributed by atoms with Gasteiger partial charge in [0.25, 0.3) is 0 Å². The van der Waals surface area contributed by atoms with E-state index in [4.69, 9.17) is 4.74 Å². The molecule has 0 unspecified atom stereocenters. The monoisotopic (exact) mass is 334 g/mol. The van der Waals surface area contributed by atoms with Crippen molar-refractivity contribution in [3.8, 4) is 11.5 Å². The summed E-state index contributed by atoms with van der Waals surface area (Å²) in [6.07, 6.45) is 0. The number of hydrogen-bond donors (Lipinski definition) is 0. The van der Waals surface area contributed by atoms with E-state index in [9.17, 15) is 0 Å². The topological polar surface area (TPSA) is 9.23 Å². The quantitative estimate of drug-likeness (QED) is 0.653. The first kappa shape index (κ1) is 20.2. The summed E-state index contributed by atoms with van der Waals surface area (Å²) >= 11 is 4.35. The van der Waals surface area contributed by atoms with Crippen LogP contribution in [0.2, 0.25) is 0 Å². The second-order valence-corrected chi connectivity index (χ2v) is 10.6. The van der Waals surface area contributed by atoms with Crippen molar-refractivity contribution in [1.82, 2.24) is 0 Å². The average molecular weight is 334 g/mol. The van der Waals surface area contributed by atoms with E-state index in [1.54, 1.807) is 0 Å². The molecular formula is C23H28Li2O. The van der Waals surface area contributed by atoms with Gasteiger partial charge in [-0.2, -0.15) is 0 Å². The van der Waals surface area contributed by atoms with Crippen molar-refractivity contribution in [2.75, 3.05) is 0 Å². The minimum atomic E-state index is -0.0824. The summed E-state index contributed by atoms with van der Waals surface area (Å²) in [5.41, 5.74) is 5.52. The molecule has 0 N–H and O–H groups in total. The molecule has 0 fully saturated rings. The predicted molar refractivity (Wildman–Crippen MR) is 113 cm³/mol. The Kier molecular flexibility index (Phi) is 4.83. The van der Waals surface area contributed by atoms with Crippen molar-refractivity contribution in [1.29, 1.82) is 0 Å². The third-order valence-electron chi connectivity index (χ3n) is 5.83. The molecule has 1 heterocycles. The van der Waals surface area contributed by atoms with Crippen molar-refractivity contribution in [2.45, 2.75) is 71.6 Å². The van der Waals surface area contributed by atoms with Crippen LogP contribution in [-0.2, 0) is 16.2 Å². The van der Waals surface area contributed by atoms with E-state index in [2.05, 4.69) is 115 Å². The molecule has 0 spiro atoms. The standard InChI is InChI=1S/C23H28O.2Li/c1-21(2,3)15-9-11-19-17(13-15)23(7,8)18-14-16(22(4,5)6)10-12-20(18)24-19;;/h9-10,13-14H,1-8H3;;. The molecule has 0 aromatic heterocycles. The number of fused-ring (bicyclic) bond motifs is 2. The molecule has 0 amide bonds. The van der Waals surface area contributed by atoms with E-state index in [1.165, 1.54) is 30.7 Å². The van der Waals surface area contributed by atoms with Gasteiger partial charge in [-0.05, 0) is 0 Å². The summed E-state index contributed by atoms with van der Waals surface area (Å²) in [7, 11) is 0. The van der Waals surface area contributed by atoms with Crippen molar-refractivity contribution in [3.63, 3.8) is 0 Å². The van der Waals surface area contributed by atoms with Crippen LogP contribution in [0.4, 0.5) is 0 Å². The van der Waals surface area contributed by atoms with E-state index in [-0.39, 0.29) is 16.2 Å². The van der Waals surface area contributed by atoms with E-state index >= 15 is 0 Å². The van der Waals surface area contributed by atoms with Crippen molar-refractivity contribution in [3.05, 3.63) is 46.5 Å². The molecule has 1 nitrogen and oxygen atoms in total. The van der Waals surface area contributed by atoms with Gasteiger partial charge in [-0.1, -0.05) is 0 Å². The summed E-state index contributed by atoms with van der Waals surface area (Å²) in [6, 6.07) is 9.31. The van der Waals surface area contributed by atoms with Gasteiger partial charge in [0.05, 0.1) is 0 Å². The normalized spacial score (nSPS) is 16.0. The second-order valence-electron chi connectivity index (χ2n) is 10.6. The molecule has 0 atom stereocenters. The third kappa shape index (κ3) is 3.34. The first-order valence-corrected chi connectivity index (χ1v) is 9.72. The zero-order valence-electron chi connectivity index (χ0n) is 18.2. The van der Waals surface area contributed by atoms with Gasteiger partial charge in [0.15, 0.2) is 0 Å². The summed E-state index contributed by atoms with van der Waals surface area (Å²) in [4.78, 5) is 0. The number of rotatable bonds is 0. The Morgan fingerprint density at radius 1 is 0.692 bits per heavy atom. The molecule has 1 aliphatic rings. The third-order valence-corrected chi connectivity index (χ3v) is 5.83. The van der Waals surface area contributed by atoms with Crippen LogP contribution in [0.1, 0.15) is 77.6 Å². The number of ether oxygens (including phenoxy) is 1. The van der Waals surface area contributed by atoms with Crippen molar-refractivity contribution >= 4 is 43.9 Å². The Balaban J connectivity index is 2.29. The molecule has 0 saturated carbocycles. The van der Waals surface area contributed by atoms with Crippen LogP contribution < -0.4 is 13.2 Å². The van der Waals surface area contributed by atoms with Gasteiger partial charge < -0.3 is 0 Å². The van der Waals surface area contributed by atoms with Gasteiger partial charge in [0.2, 0.25) is 0 Å². The summed E-state index contributed by atoms with van der Waals surface area (Å²) in [5, 5.41) is 0. The van der Waals surface area contributed by atoms with Crippen LogP contribution in [0, 0.1) is 0 Å². The maximum absolute atomic E-state index is 6.51. The summed E-state index contributed by atoms with van der Waals surface area (Å²) in [5.74, 6) is 2.09. The van der Waals surface area contributed by atoms with Crippen LogP contribution in [0.5, 0.6) is 11.5 Å². The zero-order valence-corrected chi connectivity index (χ0v) is 18.2. The van der Waals surface area contributed by atoms with Crippen LogP contribution in [0.15, 0.2) is 24.3 Å². The van der Waals surface area contributed by atoms with E-state index in [0.29, 0.717) is 0 Å². The van der Waals surface area contributed by atoms with Gasteiger partial charge >= 0.3 is 178 Å². The summed E-state index contributed by atoms with van der Waals surface area (Å²) < 4.78 is 8.96. The van der Waals surface area contributed by atoms with E-state index in [0.717, 1.165) is 11.5 Å². The van der Waals surface area contributed by atoms with Gasteiger partial charge in [-0.25, -0.2) is 0 Å². The summed E-state index contributed by atoms with van der Waals surface area (Å²) in [6.45, 7) is 18.3. The number of benzene rings is 2. The van der Waals surface area contributed by atoms with Crippen LogP contribution >= 0.6 is 0 Å². The molecule has 128 valence electrons. The minimum absolute atomic E-state index is 0.0824. The molecule has 0 saturated heterocycles. The molecule has 1 aliphatic heterocycles. The van der Waals surface area contributed by atoms with Gasteiger partial charge in [-0.15, -0.1) is 0 Å².